The van der Waals surface area contributed by atoms with Gasteiger partial charge >= 0.3 is 0 Å². The monoisotopic (exact) mass is 389 g/mol. The van der Waals surface area contributed by atoms with E-state index in [0.29, 0.717) is 24.5 Å². The lowest BCUT2D eigenvalue weighted by Gasteiger charge is -2.12. The maximum Gasteiger partial charge on any atom is 0.251 e. The van der Waals surface area contributed by atoms with Gasteiger partial charge in [-0.3, -0.25) is 4.79 Å². The standard InChI is InChI=1S/C21H24FNO3S/c22-17-7-9-20(10-8-17)27-13-3-11-23-21(24)16-4-1-5-18(14-16)26-15-19-6-2-12-25-19/h1,4-5,7-10,14,19H,2-3,6,11-13,15H2,(H,23,24). The summed E-state index contributed by atoms with van der Waals surface area (Å²) in [7, 11) is 0. The Bertz CT molecular complexity index is 732. The third-order valence-electron chi connectivity index (χ3n) is 4.25. The number of benzene rings is 2. The molecule has 1 fully saturated rings. The highest BCUT2D eigenvalue weighted by Gasteiger charge is 2.16. The molecule has 27 heavy (non-hydrogen) atoms. The molecule has 2 aromatic rings. The lowest BCUT2D eigenvalue weighted by molar-refractivity contribution is 0.0679. The molecule has 2 aromatic carbocycles. The molecule has 1 unspecified atom stereocenters. The highest BCUT2D eigenvalue weighted by atomic mass is 32.2. The third kappa shape index (κ3) is 6.56. The van der Waals surface area contributed by atoms with Gasteiger partial charge in [0.05, 0.1) is 6.10 Å². The van der Waals surface area contributed by atoms with Crippen LogP contribution >= 0.6 is 11.8 Å². The molecule has 0 saturated carbocycles. The molecular weight excluding hydrogens is 365 g/mol. The molecule has 144 valence electrons. The molecule has 1 N–H and O–H groups in total. The maximum atomic E-state index is 12.9. The van der Waals surface area contributed by atoms with Crippen molar-refractivity contribution in [2.45, 2.75) is 30.3 Å². The number of halogens is 1. The van der Waals surface area contributed by atoms with Crippen molar-refractivity contribution >= 4 is 17.7 Å². The predicted octanol–water partition coefficient (Wildman–Crippen LogP) is 4.30. The first-order valence-electron chi connectivity index (χ1n) is 9.22. The summed E-state index contributed by atoms with van der Waals surface area (Å²) in [5, 5.41) is 2.93. The summed E-state index contributed by atoms with van der Waals surface area (Å²) < 4.78 is 24.2. The number of hydrogen-bond donors (Lipinski definition) is 1. The van der Waals surface area contributed by atoms with Gasteiger partial charge in [-0.2, -0.15) is 0 Å². The molecule has 1 atom stereocenters. The highest BCUT2D eigenvalue weighted by Crippen LogP contribution is 2.19. The lowest BCUT2D eigenvalue weighted by atomic mass is 10.2. The minimum atomic E-state index is -0.228. The summed E-state index contributed by atoms with van der Waals surface area (Å²) in [6.07, 6.45) is 3.09. The van der Waals surface area contributed by atoms with Crippen molar-refractivity contribution in [1.29, 1.82) is 0 Å². The zero-order chi connectivity index (χ0) is 18.9. The number of hydrogen-bond acceptors (Lipinski definition) is 4. The summed E-state index contributed by atoms with van der Waals surface area (Å²) in [5.41, 5.74) is 0.589. The zero-order valence-electron chi connectivity index (χ0n) is 15.2. The number of rotatable bonds is 9. The first kappa shape index (κ1) is 19.7. The normalized spacial score (nSPS) is 16.3. The van der Waals surface area contributed by atoms with Gasteiger partial charge < -0.3 is 14.8 Å². The quantitative estimate of drug-likeness (QED) is 0.513. The van der Waals surface area contributed by atoms with Crippen molar-refractivity contribution in [3.8, 4) is 5.75 Å². The molecule has 0 radical (unpaired) electrons. The Kier molecular flexibility index (Phi) is 7.54. The van der Waals surface area contributed by atoms with Crippen LogP contribution in [-0.2, 0) is 4.74 Å². The number of thioether (sulfide) groups is 1. The van der Waals surface area contributed by atoms with Gasteiger partial charge in [0, 0.05) is 23.6 Å². The SMILES string of the molecule is O=C(NCCCSc1ccc(F)cc1)c1cccc(OCC2CCCO2)c1. The minimum Gasteiger partial charge on any atom is -0.491 e. The first-order valence-corrected chi connectivity index (χ1v) is 10.2. The van der Waals surface area contributed by atoms with Gasteiger partial charge in [-0.25, -0.2) is 4.39 Å². The molecule has 6 heteroatoms. The van der Waals surface area contributed by atoms with Crippen LogP contribution in [0.15, 0.2) is 53.4 Å². The van der Waals surface area contributed by atoms with E-state index in [0.717, 1.165) is 36.5 Å². The Balaban J connectivity index is 1.37. The van der Waals surface area contributed by atoms with Crippen molar-refractivity contribution in [2.75, 3.05) is 25.5 Å². The summed E-state index contributed by atoms with van der Waals surface area (Å²) in [6, 6.07) is 13.7. The van der Waals surface area contributed by atoms with Crippen molar-refractivity contribution < 1.29 is 18.7 Å². The Morgan fingerprint density at radius 1 is 1.26 bits per heavy atom. The summed E-state index contributed by atoms with van der Waals surface area (Å²) in [4.78, 5) is 13.3. The van der Waals surface area contributed by atoms with Gasteiger partial charge in [-0.15, -0.1) is 11.8 Å². The predicted molar refractivity (Wildman–Crippen MR) is 105 cm³/mol. The fourth-order valence-electron chi connectivity index (χ4n) is 2.79. The summed E-state index contributed by atoms with van der Waals surface area (Å²) in [5.74, 6) is 1.21. The van der Waals surface area contributed by atoms with Crippen LogP contribution in [0.5, 0.6) is 5.75 Å². The lowest BCUT2D eigenvalue weighted by Crippen LogP contribution is -2.24. The van der Waals surface area contributed by atoms with Gasteiger partial charge in [0.15, 0.2) is 0 Å². The second-order valence-electron chi connectivity index (χ2n) is 6.39. The largest absolute Gasteiger partial charge is 0.491 e. The van der Waals surface area contributed by atoms with Gasteiger partial charge in [0.2, 0.25) is 0 Å². The minimum absolute atomic E-state index is 0.107. The van der Waals surface area contributed by atoms with Crippen LogP contribution in [0, 0.1) is 5.82 Å². The average Bonchev–Trinajstić information content (AvgIpc) is 3.21. The van der Waals surface area contributed by atoms with E-state index in [1.807, 2.05) is 12.1 Å². The van der Waals surface area contributed by atoms with Crippen LogP contribution in [-0.4, -0.2) is 37.5 Å². The van der Waals surface area contributed by atoms with E-state index in [-0.39, 0.29) is 17.8 Å². The Morgan fingerprint density at radius 2 is 2.11 bits per heavy atom. The van der Waals surface area contributed by atoms with Crippen LogP contribution in [0.4, 0.5) is 4.39 Å². The smallest absolute Gasteiger partial charge is 0.251 e. The van der Waals surface area contributed by atoms with E-state index in [1.54, 1.807) is 36.0 Å². The Morgan fingerprint density at radius 3 is 2.89 bits per heavy atom. The van der Waals surface area contributed by atoms with Crippen molar-refractivity contribution in [3.05, 3.63) is 59.9 Å². The molecule has 1 aliphatic rings. The molecule has 1 amide bonds. The molecule has 3 rings (SSSR count). The molecule has 1 heterocycles. The second kappa shape index (κ2) is 10.3. The summed E-state index contributed by atoms with van der Waals surface area (Å²) in [6.45, 7) is 1.91. The number of amides is 1. The number of nitrogens with one attached hydrogen (secondary N) is 1. The first-order chi connectivity index (χ1) is 13.2. The maximum absolute atomic E-state index is 12.9. The van der Waals surface area contributed by atoms with E-state index in [2.05, 4.69) is 5.32 Å². The van der Waals surface area contributed by atoms with Crippen molar-refractivity contribution in [3.63, 3.8) is 0 Å². The van der Waals surface area contributed by atoms with Gasteiger partial charge in [-0.05, 0) is 67.5 Å². The van der Waals surface area contributed by atoms with E-state index in [4.69, 9.17) is 9.47 Å². The summed E-state index contributed by atoms with van der Waals surface area (Å²) >= 11 is 1.65. The molecular formula is C21H24FNO3S. The van der Waals surface area contributed by atoms with Crippen LogP contribution in [0.2, 0.25) is 0 Å². The van der Waals surface area contributed by atoms with Gasteiger partial charge in [0.1, 0.15) is 18.2 Å². The Labute approximate surface area is 163 Å². The number of carbonyl (C=O) groups is 1. The van der Waals surface area contributed by atoms with Crippen LogP contribution < -0.4 is 10.1 Å². The van der Waals surface area contributed by atoms with Gasteiger partial charge in [-0.1, -0.05) is 6.07 Å². The van der Waals surface area contributed by atoms with Crippen LogP contribution in [0.25, 0.3) is 0 Å². The third-order valence-corrected chi connectivity index (χ3v) is 5.34. The zero-order valence-corrected chi connectivity index (χ0v) is 16.0. The van der Waals surface area contributed by atoms with Crippen molar-refractivity contribution in [1.82, 2.24) is 5.32 Å². The van der Waals surface area contributed by atoms with Crippen molar-refractivity contribution in [2.24, 2.45) is 0 Å². The van der Waals surface area contributed by atoms with Gasteiger partial charge in [0.25, 0.3) is 5.91 Å². The van der Waals surface area contributed by atoms with Crippen LogP contribution in [0.3, 0.4) is 0 Å². The van der Waals surface area contributed by atoms with E-state index in [9.17, 15) is 9.18 Å². The number of carbonyl (C=O) groups excluding carboxylic acids is 1. The second-order valence-corrected chi connectivity index (χ2v) is 7.55. The Hall–Kier alpha value is -2.05. The fraction of sp³-hybridized carbons (Fsp3) is 0.381. The number of ether oxygens (including phenoxy) is 2. The molecule has 0 spiro atoms. The molecule has 0 aliphatic carbocycles. The average molecular weight is 389 g/mol. The molecule has 1 saturated heterocycles. The molecule has 4 nitrogen and oxygen atoms in total. The van der Waals surface area contributed by atoms with E-state index >= 15 is 0 Å². The fourth-order valence-corrected chi connectivity index (χ4v) is 3.64. The topological polar surface area (TPSA) is 47.6 Å². The van der Waals surface area contributed by atoms with Crippen LogP contribution in [0.1, 0.15) is 29.6 Å². The highest BCUT2D eigenvalue weighted by molar-refractivity contribution is 7.99. The van der Waals surface area contributed by atoms with E-state index < -0.39 is 0 Å². The molecule has 0 bridgehead atoms. The molecule has 0 aromatic heterocycles. The molecule has 1 aliphatic heterocycles. The van der Waals surface area contributed by atoms with E-state index in [1.165, 1.54) is 12.1 Å².